The molecular weight excluding hydrogens is 410 g/mol. The number of rotatable bonds is 8. The van der Waals surface area contributed by atoms with E-state index in [0.29, 0.717) is 11.6 Å². The molecule has 0 aliphatic carbocycles. The largest absolute Gasteiger partial charge is 0.478 e. The maximum Gasteiger partial charge on any atom is 0.335 e. The highest BCUT2D eigenvalue weighted by atomic mass is 16.4. The lowest BCUT2D eigenvalue weighted by Gasteiger charge is -2.36. The van der Waals surface area contributed by atoms with Crippen molar-refractivity contribution in [1.82, 2.24) is 9.88 Å². The number of aromatic carboxylic acids is 1. The Morgan fingerprint density at radius 2 is 1.79 bits per heavy atom. The smallest absolute Gasteiger partial charge is 0.335 e. The standard InChI is InChI=1S/C28H31N3O2/c1-21-8-6-7-11-27(21)31(22(2)26-18-25(28(32)33)12-15-29-26)20-24-13-16-30(17-14-24)19-23-9-4-3-5-10-23/h3-12,15,18,24H,2,13-14,16-17,19-20H2,1H3,(H,32,33). The number of carboxylic acid groups (broad SMARTS) is 1. The van der Waals surface area contributed by atoms with Gasteiger partial charge in [0.15, 0.2) is 0 Å². The van der Waals surface area contributed by atoms with Crippen molar-refractivity contribution in [3.8, 4) is 0 Å². The number of hydrogen-bond acceptors (Lipinski definition) is 4. The second-order valence-electron chi connectivity index (χ2n) is 8.78. The molecule has 2 heterocycles. The van der Waals surface area contributed by atoms with Crippen molar-refractivity contribution in [2.24, 2.45) is 5.92 Å². The number of likely N-dealkylation sites (tertiary alicyclic amines) is 1. The van der Waals surface area contributed by atoms with Gasteiger partial charge in [0.05, 0.1) is 17.0 Å². The number of benzene rings is 2. The van der Waals surface area contributed by atoms with Crippen LogP contribution in [0.4, 0.5) is 5.69 Å². The van der Waals surface area contributed by atoms with Gasteiger partial charge in [-0.2, -0.15) is 0 Å². The van der Waals surface area contributed by atoms with Crippen LogP contribution in [-0.2, 0) is 6.54 Å². The van der Waals surface area contributed by atoms with E-state index in [2.05, 4.69) is 70.8 Å². The van der Waals surface area contributed by atoms with Crippen molar-refractivity contribution in [2.75, 3.05) is 24.5 Å². The number of carboxylic acids is 1. The summed E-state index contributed by atoms with van der Waals surface area (Å²) in [5.41, 5.74) is 5.17. The summed E-state index contributed by atoms with van der Waals surface area (Å²) in [4.78, 5) is 20.7. The molecule has 1 aromatic heterocycles. The van der Waals surface area contributed by atoms with Gasteiger partial charge in [-0.15, -0.1) is 0 Å². The van der Waals surface area contributed by atoms with E-state index in [-0.39, 0.29) is 5.56 Å². The fourth-order valence-electron chi connectivity index (χ4n) is 4.51. The molecule has 4 rings (SSSR count). The van der Waals surface area contributed by atoms with Crippen LogP contribution in [0.5, 0.6) is 0 Å². The third-order valence-corrected chi connectivity index (χ3v) is 6.43. The summed E-state index contributed by atoms with van der Waals surface area (Å²) in [5.74, 6) is -0.435. The Morgan fingerprint density at radius 1 is 1.09 bits per heavy atom. The molecule has 0 amide bonds. The summed E-state index contributed by atoms with van der Waals surface area (Å²) in [6, 6.07) is 22.0. The maximum atomic E-state index is 11.5. The summed E-state index contributed by atoms with van der Waals surface area (Å²) in [7, 11) is 0. The second kappa shape index (κ2) is 10.5. The molecule has 0 bridgehead atoms. The molecule has 0 atom stereocenters. The Morgan fingerprint density at radius 3 is 2.48 bits per heavy atom. The molecule has 3 aromatic rings. The molecule has 0 saturated carbocycles. The molecule has 1 N–H and O–H groups in total. The van der Waals surface area contributed by atoms with Gasteiger partial charge in [-0.3, -0.25) is 9.88 Å². The van der Waals surface area contributed by atoms with Crippen molar-refractivity contribution < 1.29 is 9.90 Å². The highest BCUT2D eigenvalue weighted by molar-refractivity contribution is 5.89. The molecule has 0 radical (unpaired) electrons. The number of aromatic nitrogens is 1. The van der Waals surface area contributed by atoms with Crippen LogP contribution in [0, 0.1) is 12.8 Å². The zero-order valence-electron chi connectivity index (χ0n) is 19.2. The zero-order chi connectivity index (χ0) is 23.2. The Labute approximate surface area is 196 Å². The molecular formula is C28H31N3O2. The van der Waals surface area contributed by atoms with Gasteiger partial charge >= 0.3 is 5.97 Å². The highest BCUT2D eigenvalue weighted by Gasteiger charge is 2.24. The van der Waals surface area contributed by atoms with E-state index in [1.807, 2.05) is 12.1 Å². The molecule has 0 unspecified atom stereocenters. The Hall–Kier alpha value is -3.44. The average Bonchev–Trinajstić information content (AvgIpc) is 2.84. The van der Waals surface area contributed by atoms with E-state index >= 15 is 0 Å². The lowest BCUT2D eigenvalue weighted by Crippen LogP contribution is -2.38. The lowest BCUT2D eigenvalue weighted by atomic mass is 9.94. The lowest BCUT2D eigenvalue weighted by molar-refractivity contribution is 0.0696. The minimum Gasteiger partial charge on any atom is -0.478 e. The monoisotopic (exact) mass is 441 g/mol. The average molecular weight is 442 g/mol. The van der Waals surface area contributed by atoms with Crippen LogP contribution >= 0.6 is 0 Å². The number of aryl methyl sites for hydroxylation is 1. The zero-order valence-corrected chi connectivity index (χ0v) is 19.2. The SMILES string of the molecule is C=C(c1cc(C(=O)O)ccn1)N(CC1CCN(Cc2ccccc2)CC1)c1ccccc1C. The molecule has 170 valence electrons. The van der Waals surface area contributed by atoms with Crippen LogP contribution in [0.25, 0.3) is 5.70 Å². The van der Waals surface area contributed by atoms with Gasteiger partial charge in [0.1, 0.15) is 0 Å². The van der Waals surface area contributed by atoms with E-state index in [1.165, 1.54) is 11.6 Å². The topological polar surface area (TPSA) is 56.7 Å². The maximum absolute atomic E-state index is 11.5. The quantitative estimate of drug-likeness (QED) is 0.502. The molecule has 33 heavy (non-hydrogen) atoms. The van der Waals surface area contributed by atoms with Gasteiger partial charge in [-0.05, 0) is 68.1 Å². The number of pyridine rings is 1. The number of hydrogen-bond donors (Lipinski definition) is 1. The number of anilines is 1. The fourth-order valence-corrected chi connectivity index (χ4v) is 4.51. The highest BCUT2D eigenvalue weighted by Crippen LogP contribution is 2.31. The normalized spacial score (nSPS) is 14.7. The Kier molecular flexibility index (Phi) is 7.20. The van der Waals surface area contributed by atoms with E-state index in [9.17, 15) is 9.90 Å². The fraction of sp³-hybridized carbons (Fsp3) is 0.286. The molecule has 2 aromatic carbocycles. The van der Waals surface area contributed by atoms with Crippen molar-refractivity contribution in [1.29, 1.82) is 0 Å². The first-order valence-corrected chi connectivity index (χ1v) is 11.5. The van der Waals surface area contributed by atoms with E-state index < -0.39 is 5.97 Å². The van der Waals surface area contributed by atoms with Gasteiger partial charge in [-0.25, -0.2) is 4.79 Å². The van der Waals surface area contributed by atoms with E-state index in [1.54, 1.807) is 12.3 Å². The van der Waals surface area contributed by atoms with Crippen LogP contribution in [0.3, 0.4) is 0 Å². The van der Waals surface area contributed by atoms with Gasteiger partial charge in [0.2, 0.25) is 0 Å². The molecule has 1 fully saturated rings. The van der Waals surface area contributed by atoms with Crippen molar-refractivity contribution in [3.63, 3.8) is 0 Å². The molecule has 0 spiro atoms. The first kappa shape index (κ1) is 22.7. The second-order valence-corrected chi connectivity index (χ2v) is 8.78. The predicted octanol–water partition coefficient (Wildman–Crippen LogP) is 5.48. The van der Waals surface area contributed by atoms with Crippen molar-refractivity contribution >= 4 is 17.4 Å². The first-order valence-electron chi connectivity index (χ1n) is 11.5. The summed E-state index contributed by atoms with van der Waals surface area (Å²) < 4.78 is 0. The van der Waals surface area contributed by atoms with Crippen LogP contribution in [0.2, 0.25) is 0 Å². The van der Waals surface area contributed by atoms with Crippen LogP contribution in [0.1, 0.15) is 40.0 Å². The molecule has 1 aliphatic heterocycles. The predicted molar refractivity (Wildman–Crippen MR) is 133 cm³/mol. The van der Waals surface area contributed by atoms with E-state index in [0.717, 1.165) is 56.0 Å². The van der Waals surface area contributed by atoms with Gasteiger partial charge in [0, 0.05) is 25.0 Å². The summed E-state index contributed by atoms with van der Waals surface area (Å²) >= 11 is 0. The molecule has 1 aliphatic rings. The number of para-hydroxylation sites is 1. The molecule has 1 saturated heterocycles. The summed E-state index contributed by atoms with van der Waals surface area (Å²) in [6.45, 7) is 10.4. The third kappa shape index (κ3) is 5.68. The van der Waals surface area contributed by atoms with Crippen LogP contribution in [0.15, 0.2) is 79.5 Å². The Balaban J connectivity index is 1.49. The summed E-state index contributed by atoms with van der Waals surface area (Å²) in [6.07, 6.45) is 3.78. The molecule has 5 heteroatoms. The van der Waals surface area contributed by atoms with E-state index in [4.69, 9.17) is 0 Å². The molecule has 5 nitrogen and oxygen atoms in total. The summed E-state index contributed by atoms with van der Waals surface area (Å²) in [5, 5.41) is 9.41. The van der Waals surface area contributed by atoms with Crippen LogP contribution in [-0.4, -0.2) is 40.6 Å². The van der Waals surface area contributed by atoms with Crippen molar-refractivity contribution in [2.45, 2.75) is 26.3 Å². The number of carbonyl (C=O) groups is 1. The number of piperidine rings is 1. The number of nitrogens with zero attached hydrogens (tertiary/aromatic N) is 3. The van der Waals surface area contributed by atoms with Gasteiger partial charge < -0.3 is 10.0 Å². The Bertz CT molecular complexity index is 1100. The first-order chi connectivity index (χ1) is 16.0. The van der Waals surface area contributed by atoms with Gasteiger partial charge in [0.25, 0.3) is 0 Å². The third-order valence-electron chi connectivity index (χ3n) is 6.43. The van der Waals surface area contributed by atoms with Gasteiger partial charge in [-0.1, -0.05) is 55.1 Å². The van der Waals surface area contributed by atoms with Crippen LogP contribution < -0.4 is 4.90 Å². The minimum atomic E-state index is -0.959. The minimum absolute atomic E-state index is 0.222. The van der Waals surface area contributed by atoms with Crippen molar-refractivity contribution in [3.05, 3.63) is 102 Å².